The molecular weight excluding hydrogens is 198 g/mol. The summed E-state index contributed by atoms with van der Waals surface area (Å²) >= 11 is 0. The van der Waals surface area contributed by atoms with Crippen molar-refractivity contribution in [1.82, 2.24) is 0 Å². The van der Waals surface area contributed by atoms with Gasteiger partial charge in [0.15, 0.2) is 0 Å². The number of benzene rings is 1. The first-order valence-corrected chi connectivity index (χ1v) is 6.23. The molecule has 1 unspecified atom stereocenters. The molecule has 0 bridgehead atoms. The van der Waals surface area contributed by atoms with E-state index in [4.69, 9.17) is 10.5 Å². The molecule has 0 aliphatic rings. The van der Waals surface area contributed by atoms with Gasteiger partial charge < -0.3 is 10.5 Å². The summed E-state index contributed by atoms with van der Waals surface area (Å²) in [5.41, 5.74) is 7.30. The minimum Gasteiger partial charge on any atom is -0.494 e. The van der Waals surface area contributed by atoms with Gasteiger partial charge in [-0.3, -0.25) is 0 Å². The first kappa shape index (κ1) is 13.0. The van der Waals surface area contributed by atoms with Crippen molar-refractivity contribution in [3.63, 3.8) is 0 Å². The van der Waals surface area contributed by atoms with Crippen molar-refractivity contribution in [1.29, 1.82) is 0 Å². The lowest BCUT2D eigenvalue weighted by molar-refractivity contribution is 0.317. The Morgan fingerprint density at radius 3 is 2.75 bits per heavy atom. The molecule has 0 spiro atoms. The summed E-state index contributed by atoms with van der Waals surface area (Å²) in [6, 6.07) is 8.54. The molecule has 0 saturated carbocycles. The highest BCUT2D eigenvalue weighted by Crippen LogP contribution is 2.15. The topological polar surface area (TPSA) is 35.2 Å². The second-order valence-electron chi connectivity index (χ2n) is 4.25. The molecule has 0 fully saturated rings. The Kier molecular flexibility index (Phi) is 5.94. The fourth-order valence-corrected chi connectivity index (χ4v) is 1.76. The van der Waals surface area contributed by atoms with E-state index in [1.807, 2.05) is 12.1 Å². The van der Waals surface area contributed by atoms with Crippen LogP contribution in [0.15, 0.2) is 24.3 Å². The van der Waals surface area contributed by atoms with Crippen LogP contribution in [0, 0.1) is 0 Å². The highest BCUT2D eigenvalue weighted by atomic mass is 16.5. The molecule has 1 aromatic carbocycles. The summed E-state index contributed by atoms with van der Waals surface area (Å²) < 4.78 is 5.60. The summed E-state index contributed by atoms with van der Waals surface area (Å²) in [5.74, 6) is 0.961. The molecule has 1 aromatic rings. The zero-order valence-electron chi connectivity index (χ0n) is 10.4. The molecule has 2 heteroatoms. The average Bonchev–Trinajstić information content (AvgIpc) is 2.27. The van der Waals surface area contributed by atoms with Crippen LogP contribution in [0.3, 0.4) is 0 Å². The van der Waals surface area contributed by atoms with E-state index in [1.54, 1.807) is 0 Å². The zero-order valence-corrected chi connectivity index (χ0v) is 10.4. The van der Waals surface area contributed by atoms with Crippen molar-refractivity contribution in [3.8, 4) is 5.75 Å². The number of nitrogens with two attached hydrogens (primary N) is 1. The quantitative estimate of drug-likeness (QED) is 0.767. The first-order chi connectivity index (χ1) is 7.76. The Bertz CT molecular complexity index is 299. The van der Waals surface area contributed by atoms with Crippen molar-refractivity contribution in [2.24, 2.45) is 5.73 Å². The molecule has 0 heterocycles. The van der Waals surface area contributed by atoms with Gasteiger partial charge in [-0.25, -0.2) is 0 Å². The van der Waals surface area contributed by atoms with Crippen LogP contribution in [0.2, 0.25) is 0 Å². The van der Waals surface area contributed by atoms with Crippen LogP contribution in [0.25, 0.3) is 0 Å². The molecule has 16 heavy (non-hydrogen) atoms. The largest absolute Gasteiger partial charge is 0.494 e. The predicted molar refractivity (Wildman–Crippen MR) is 68.8 cm³/mol. The Morgan fingerprint density at radius 1 is 1.25 bits per heavy atom. The Balaban J connectivity index is 2.52. The monoisotopic (exact) mass is 221 g/mol. The lowest BCUT2D eigenvalue weighted by atomic mass is 10.0. The molecular formula is C14H23NO. The predicted octanol–water partition coefficient (Wildman–Crippen LogP) is 3.15. The van der Waals surface area contributed by atoms with Gasteiger partial charge in [0.25, 0.3) is 0 Å². The minimum atomic E-state index is 0.270. The van der Waals surface area contributed by atoms with Crippen LogP contribution in [-0.4, -0.2) is 12.6 Å². The molecule has 90 valence electrons. The summed E-state index contributed by atoms with van der Waals surface area (Å²) in [7, 11) is 0. The Hall–Kier alpha value is -1.02. The van der Waals surface area contributed by atoms with Crippen LogP contribution in [0.1, 0.15) is 38.7 Å². The normalized spacial score (nSPS) is 12.4. The van der Waals surface area contributed by atoms with Crippen molar-refractivity contribution < 1.29 is 4.74 Å². The van der Waals surface area contributed by atoms with Crippen LogP contribution in [0.4, 0.5) is 0 Å². The fourth-order valence-electron chi connectivity index (χ4n) is 1.76. The Labute approximate surface area is 98.8 Å². The average molecular weight is 221 g/mol. The maximum absolute atomic E-state index is 6.03. The molecule has 2 nitrogen and oxygen atoms in total. The van der Waals surface area contributed by atoms with Crippen LogP contribution < -0.4 is 10.5 Å². The van der Waals surface area contributed by atoms with Crippen LogP contribution in [-0.2, 0) is 6.42 Å². The SMILES string of the molecule is CCCOc1cccc(CC(N)CCC)c1. The third-order valence-corrected chi connectivity index (χ3v) is 2.53. The standard InChI is InChI=1S/C14H23NO/c1-3-6-13(15)10-12-7-5-8-14(11-12)16-9-4-2/h5,7-8,11,13H,3-4,6,9-10,15H2,1-2H3. The summed E-state index contributed by atoms with van der Waals surface area (Å²) in [6.07, 6.45) is 4.21. The molecule has 0 radical (unpaired) electrons. The number of hydrogen-bond acceptors (Lipinski definition) is 2. The van der Waals surface area contributed by atoms with Crippen molar-refractivity contribution >= 4 is 0 Å². The third kappa shape index (κ3) is 4.67. The summed E-state index contributed by atoms with van der Waals surface area (Å²) in [6.45, 7) is 5.06. The third-order valence-electron chi connectivity index (χ3n) is 2.53. The minimum absolute atomic E-state index is 0.270. The van der Waals surface area contributed by atoms with E-state index < -0.39 is 0 Å². The van der Waals surface area contributed by atoms with Crippen molar-refractivity contribution in [2.45, 2.75) is 45.6 Å². The van der Waals surface area contributed by atoms with Gasteiger partial charge in [-0.1, -0.05) is 32.4 Å². The maximum Gasteiger partial charge on any atom is 0.119 e. The second kappa shape index (κ2) is 7.29. The van der Waals surface area contributed by atoms with E-state index >= 15 is 0 Å². The molecule has 0 aliphatic carbocycles. The molecule has 0 saturated heterocycles. The molecule has 1 rings (SSSR count). The number of rotatable bonds is 7. The fraction of sp³-hybridized carbons (Fsp3) is 0.571. The smallest absolute Gasteiger partial charge is 0.119 e. The molecule has 2 N–H and O–H groups in total. The van der Waals surface area contributed by atoms with E-state index in [0.29, 0.717) is 0 Å². The second-order valence-corrected chi connectivity index (χ2v) is 4.25. The summed E-state index contributed by atoms with van der Waals surface area (Å²) in [5, 5.41) is 0. The summed E-state index contributed by atoms with van der Waals surface area (Å²) in [4.78, 5) is 0. The lowest BCUT2D eigenvalue weighted by Gasteiger charge is -2.11. The number of ether oxygens (including phenoxy) is 1. The molecule has 0 amide bonds. The first-order valence-electron chi connectivity index (χ1n) is 6.23. The van der Waals surface area contributed by atoms with E-state index in [0.717, 1.165) is 38.0 Å². The van der Waals surface area contributed by atoms with E-state index in [2.05, 4.69) is 26.0 Å². The van der Waals surface area contributed by atoms with E-state index in [9.17, 15) is 0 Å². The lowest BCUT2D eigenvalue weighted by Crippen LogP contribution is -2.22. The van der Waals surface area contributed by atoms with Gasteiger partial charge in [0.1, 0.15) is 5.75 Å². The molecule has 0 aromatic heterocycles. The van der Waals surface area contributed by atoms with E-state index in [1.165, 1.54) is 5.56 Å². The highest BCUT2D eigenvalue weighted by molar-refractivity contribution is 5.29. The van der Waals surface area contributed by atoms with Crippen LogP contribution in [0.5, 0.6) is 5.75 Å². The van der Waals surface area contributed by atoms with Gasteiger partial charge in [-0.2, -0.15) is 0 Å². The van der Waals surface area contributed by atoms with Gasteiger partial charge >= 0.3 is 0 Å². The van der Waals surface area contributed by atoms with Crippen LogP contribution >= 0.6 is 0 Å². The Morgan fingerprint density at radius 2 is 2.06 bits per heavy atom. The molecule has 1 atom stereocenters. The van der Waals surface area contributed by atoms with Gasteiger partial charge in [0, 0.05) is 6.04 Å². The number of hydrogen-bond donors (Lipinski definition) is 1. The zero-order chi connectivity index (χ0) is 11.8. The van der Waals surface area contributed by atoms with Crippen molar-refractivity contribution in [3.05, 3.63) is 29.8 Å². The van der Waals surface area contributed by atoms with Crippen molar-refractivity contribution in [2.75, 3.05) is 6.61 Å². The highest BCUT2D eigenvalue weighted by Gasteiger charge is 2.03. The van der Waals surface area contributed by atoms with Gasteiger partial charge in [-0.15, -0.1) is 0 Å². The van der Waals surface area contributed by atoms with Gasteiger partial charge in [0.2, 0.25) is 0 Å². The van der Waals surface area contributed by atoms with Gasteiger partial charge in [-0.05, 0) is 37.0 Å². The molecule has 0 aliphatic heterocycles. The maximum atomic E-state index is 6.03. The van der Waals surface area contributed by atoms with Gasteiger partial charge in [0.05, 0.1) is 6.61 Å². The van der Waals surface area contributed by atoms with E-state index in [-0.39, 0.29) is 6.04 Å².